The van der Waals surface area contributed by atoms with Crippen molar-refractivity contribution in [2.24, 2.45) is 0 Å². The van der Waals surface area contributed by atoms with Crippen LogP contribution >= 0.6 is 0 Å². The molecule has 0 unspecified atom stereocenters. The Morgan fingerprint density at radius 3 is 1.46 bits per heavy atom. The van der Waals surface area contributed by atoms with Crippen LogP contribution < -0.4 is 4.90 Å². The summed E-state index contributed by atoms with van der Waals surface area (Å²) in [6, 6.07) is 74.3. The minimum atomic E-state index is -0.582. The summed E-state index contributed by atoms with van der Waals surface area (Å²) in [7, 11) is 0. The van der Waals surface area contributed by atoms with Crippen molar-refractivity contribution in [3.8, 4) is 33.4 Å². The molecule has 0 amide bonds. The first-order valence-electron chi connectivity index (χ1n) is 20.3. The van der Waals surface area contributed by atoms with Gasteiger partial charge in [-0.25, -0.2) is 0 Å². The van der Waals surface area contributed by atoms with Crippen LogP contribution in [0.5, 0.6) is 0 Å². The van der Waals surface area contributed by atoms with E-state index in [2.05, 4.69) is 233 Å². The van der Waals surface area contributed by atoms with Crippen LogP contribution in [-0.4, -0.2) is 0 Å². The Morgan fingerprint density at radius 1 is 0.368 bits per heavy atom. The molecule has 0 N–H and O–H groups in total. The zero-order chi connectivity index (χ0) is 38.8. The van der Waals surface area contributed by atoms with Crippen LogP contribution in [0.15, 0.2) is 200 Å². The number of benzene rings is 8. The third-order valence-electron chi connectivity index (χ3n) is 12.7. The fourth-order valence-electron chi connectivity index (χ4n) is 10.5. The lowest BCUT2D eigenvalue weighted by Gasteiger charge is -2.38. The molecule has 0 heterocycles. The molecule has 276 valence electrons. The monoisotopic (exact) mass is 733 g/mol. The van der Waals surface area contributed by atoms with E-state index in [9.17, 15) is 0 Å². The highest BCUT2D eigenvalue weighted by molar-refractivity contribution is 5.95. The number of nitrogens with zero attached hydrogens (tertiary/aromatic N) is 1. The van der Waals surface area contributed by atoms with Gasteiger partial charge in [0, 0.05) is 16.9 Å². The number of fused-ring (bicyclic) bond motifs is 4. The Kier molecular flexibility index (Phi) is 8.20. The van der Waals surface area contributed by atoms with Gasteiger partial charge in [0.05, 0.1) is 11.1 Å². The van der Waals surface area contributed by atoms with E-state index in [-0.39, 0.29) is 10.8 Å². The van der Waals surface area contributed by atoms with Crippen molar-refractivity contribution in [2.75, 3.05) is 4.90 Å². The zero-order valence-electron chi connectivity index (χ0n) is 33.2. The van der Waals surface area contributed by atoms with Gasteiger partial charge in [-0.15, -0.1) is 0 Å². The highest BCUT2D eigenvalue weighted by Gasteiger charge is 2.51. The molecule has 0 atom stereocenters. The van der Waals surface area contributed by atoms with E-state index in [0.29, 0.717) is 0 Å². The fraction of sp³-hybridized carbons (Fsp3) is 0.143. The zero-order valence-corrected chi connectivity index (χ0v) is 33.2. The lowest BCUT2D eigenvalue weighted by molar-refractivity contribution is 0.403. The summed E-state index contributed by atoms with van der Waals surface area (Å²) in [4.78, 5) is 2.51. The Balaban J connectivity index is 1.30. The number of anilines is 3. The molecule has 1 heteroatoms. The molecule has 8 aromatic rings. The molecule has 2 aliphatic rings. The fourth-order valence-corrected chi connectivity index (χ4v) is 10.5. The van der Waals surface area contributed by atoms with Gasteiger partial charge in [-0.05, 0) is 115 Å². The van der Waals surface area contributed by atoms with Crippen molar-refractivity contribution in [1.82, 2.24) is 0 Å². The second kappa shape index (κ2) is 13.4. The van der Waals surface area contributed by atoms with Gasteiger partial charge in [-0.3, -0.25) is 0 Å². The molecule has 0 aromatic heterocycles. The number of hydrogen-bond donors (Lipinski definition) is 0. The summed E-state index contributed by atoms with van der Waals surface area (Å²) in [6.45, 7) is 9.74. The lowest BCUT2D eigenvalue weighted by Crippen LogP contribution is -2.31. The van der Waals surface area contributed by atoms with E-state index in [1.54, 1.807) is 0 Å². The van der Waals surface area contributed by atoms with Crippen molar-refractivity contribution >= 4 is 17.1 Å². The van der Waals surface area contributed by atoms with E-state index in [4.69, 9.17) is 0 Å². The van der Waals surface area contributed by atoms with Crippen molar-refractivity contribution in [2.45, 2.75) is 50.4 Å². The van der Waals surface area contributed by atoms with Gasteiger partial charge in [0.25, 0.3) is 0 Å². The number of hydrogen-bond acceptors (Lipinski definition) is 1. The molecule has 0 aliphatic heterocycles. The highest BCUT2D eigenvalue weighted by Crippen LogP contribution is 2.63. The first-order chi connectivity index (χ1) is 27.8. The molecular formula is C56H47N. The van der Waals surface area contributed by atoms with E-state index < -0.39 is 5.41 Å². The molecule has 2 aliphatic carbocycles. The average Bonchev–Trinajstić information content (AvgIpc) is 3.65. The molecule has 0 saturated heterocycles. The second-order valence-electron chi connectivity index (χ2n) is 17.2. The maximum atomic E-state index is 2.61. The van der Waals surface area contributed by atoms with Crippen LogP contribution in [-0.2, 0) is 16.2 Å². The molecule has 8 aromatic carbocycles. The molecule has 0 bridgehead atoms. The van der Waals surface area contributed by atoms with Crippen molar-refractivity contribution in [1.29, 1.82) is 0 Å². The maximum Gasteiger partial charge on any atom is 0.0734 e. The van der Waals surface area contributed by atoms with Crippen molar-refractivity contribution in [3.63, 3.8) is 0 Å². The molecule has 0 saturated carbocycles. The third kappa shape index (κ3) is 5.59. The van der Waals surface area contributed by atoms with Gasteiger partial charge < -0.3 is 4.90 Å². The van der Waals surface area contributed by atoms with Crippen LogP contribution in [0.3, 0.4) is 0 Å². The normalized spacial score (nSPS) is 15.4. The Bertz CT molecular complexity index is 2690. The molecule has 0 radical (unpaired) electrons. The van der Waals surface area contributed by atoms with Gasteiger partial charge in [-0.1, -0.05) is 191 Å². The van der Waals surface area contributed by atoms with Crippen LogP contribution in [0, 0.1) is 0 Å². The first-order valence-corrected chi connectivity index (χ1v) is 20.3. The SMILES string of the molecule is CC1(C)CC(C)(C)c2cc3c(cc21)-c1cccc(N(c2ccc(-c4ccccc4)cc2)c2cccc(-c4ccccc4)c2)c1C3(c1ccccc1)c1ccccc1. The summed E-state index contributed by atoms with van der Waals surface area (Å²) < 4.78 is 0. The molecule has 57 heavy (non-hydrogen) atoms. The van der Waals surface area contributed by atoms with Crippen molar-refractivity contribution in [3.05, 3.63) is 234 Å². The molecule has 0 fully saturated rings. The number of rotatable bonds is 7. The van der Waals surface area contributed by atoms with E-state index in [1.165, 1.54) is 72.4 Å². The smallest absolute Gasteiger partial charge is 0.0734 e. The standard InChI is InChI=1S/C56H47N/c1-54(2)38-55(3,4)51-37-49-48(36-50(51)54)47-29-18-30-52(53(47)56(49,43-24-13-7-14-25-43)44-26-15-8-16-27-44)57(45-33-31-41(32-34-45)39-19-9-5-10-20-39)46-28-17-23-42(35-46)40-21-11-6-12-22-40/h5-37H,38H2,1-4H3. The third-order valence-corrected chi connectivity index (χ3v) is 12.7. The first kappa shape index (κ1) is 35.0. The van der Waals surface area contributed by atoms with Crippen LogP contribution in [0.25, 0.3) is 33.4 Å². The predicted molar refractivity (Wildman–Crippen MR) is 240 cm³/mol. The van der Waals surface area contributed by atoms with Gasteiger partial charge in [-0.2, -0.15) is 0 Å². The van der Waals surface area contributed by atoms with Gasteiger partial charge >= 0.3 is 0 Å². The van der Waals surface area contributed by atoms with Crippen LogP contribution in [0.1, 0.15) is 67.5 Å². The van der Waals surface area contributed by atoms with Gasteiger partial charge in [0.1, 0.15) is 0 Å². The minimum Gasteiger partial charge on any atom is -0.310 e. The average molecular weight is 734 g/mol. The van der Waals surface area contributed by atoms with E-state index >= 15 is 0 Å². The minimum absolute atomic E-state index is 0.0506. The summed E-state index contributed by atoms with van der Waals surface area (Å²) in [5.41, 5.74) is 18.6. The molecule has 10 rings (SSSR count). The van der Waals surface area contributed by atoms with Crippen molar-refractivity contribution < 1.29 is 0 Å². The molecular weight excluding hydrogens is 687 g/mol. The Morgan fingerprint density at radius 2 is 0.860 bits per heavy atom. The van der Waals surface area contributed by atoms with Gasteiger partial charge in [0.15, 0.2) is 0 Å². The summed E-state index contributed by atoms with van der Waals surface area (Å²) in [5, 5.41) is 0. The quantitative estimate of drug-likeness (QED) is 0.158. The largest absolute Gasteiger partial charge is 0.310 e. The maximum absolute atomic E-state index is 2.61. The molecule has 0 spiro atoms. The topological polar surface area (TPSA) is 3.24 Å². The predicted octanol–water partition coefficient (Wildman–Crippen LogP) is 14.8. The van der Waals surface area contributed by atoms with Crippen LogP contribution in [0.4, 0.5) is 17.1 Å². The summed E-state index contributed by atoms with van der Waals surface area (Å²) in [6.07, 6.45) is 1.12. The highest BCUT2D eigenvalue weighted by atomic mass is 15.1. The Labute approximate surface area is 337 Å². The summed E-state index contributed by atoms with van der Waals surface area (Å²) in [5.74, 6) is 0. The van der Waals surface area contributed by atoms with E-state index in [1.807, 2.05) is 0 Å². The molecule has 1 nitrogen and oxygen atoms in total. The lowest BCUT2D eigenvalue weighted by atomic mass is 9.66. The van der Waals surface area contributed by atoms with Gasteiger partial charge in [0.2, 0.25) is 0 Å². The Hall–Kier alpha value is -6.44. The van der Waals surface area contributed by atoms with E-state index in [0.717, 1.165) is 17.8 Å². The summed E-state index contributed by atoms with van der Waals surface area (Å²) >= 11 is 0. The van der Waals surface area contributed by atoms with Crippen LogP contribution in [0.2, 0.25) is 0 Å². The second-order valence-corrected chi connectivity index (χ2v) is 17.2.